The van der Waals surface area contributed by atoms with Crippen LogP contribution >= 0.6 is 0 Å². The highest BCUT2D eigenvalue weighted by Gasteiger charge is 2.08. The van der Waals surface area contributed by atoms with Crippen molar-refractivity contribution >= 4 is 11.5 Å². The minimum Gasteiger partial charge on any atom is -0.300 e. The van der Waals surface area contributed by atoms with Gasteiger partial charge in [0.05, 0.1) is 4.92 Å². The van der Waals surface area contributed by atoms with E-state index >= 15 is 0 Å². The Hall–Kier alpha value is -1.72. The van der Waals surface area contributed by atoms with Crippen molar-refractivity contribution in [3.05, 3.63) is 22.5 Å². The maximum atomic E-state index is 10.6. The summed E-state index contributed by atoms with van der Waals surface area (Å²) >= 11 is 0. The Morgan fingerprint density at radius 3 is 2.93 bits per heavy atom. The van der Waals surface area contributed by atoms with Gasteiger partial charge in [-0.3, -0.25) is 14.8 Å². The lowest BCUT2D eigenvalue weighted by Crippen LogP contribution is -2.00. The molecular formula is C8H11N3O3. The van der Waals surface area contributed by atoms with Crippen LogP contribution in [0.5, 0.6) is 0 Å². The summed E-state index contributed by atoms with van der Waals surface area (Å²) in [6, 6.07) is 0. The van der Waals surface area contributed by atoms with Gasteiger partial charge in [0, 0.05) is 13.0 Å². The first-order chi connectivity index (χ1) is 6.59. The Kier molecular flexibility index (Phi) is 3.33. The Bertz CT molecular complexity index is 345. The van der Waals surface area contributed by atoms with Crippen LogP contribution in [0.15, 0.2) is 12.4 Å². The molecule has 0 spiro atoms. The van der Waals surface area contributed by atoms with Crippen LogP contribution < -0.4 is 0 Å². The molecule has 0 aliphatic rings. The molecule has 0 fully saturated rings. The van der Waals surface area contributed by atoms with Crippen LogP contribution in [0, 0.1) is 10.1 Å². The molecule has 76 valence electrons. The zero-order valence-electron chi connectivity index (χ0n) is 7.84. The van der Waals surface area contributed by atoms with E-state index in [1.165, 1.54) is 24.0 Å². The van der Waals surface area contributed by atoms with E-state index in [2.05, 4.69) is 5.10 Å². The SMILES string of the molecule is CC(=O)CCCn1cc([N+](=O)[O-])cn1. The number of carbonyl (C=O) groups excluding carboxylic acids is 1. The summed E-state index contributed by atoms with van der Waals surface area (Å²) in [5.41, 5.74) is -0.0205. The zero-order valence-corrected chi connectivity index (χ0v) is 7.84. The van der Waals surface area contributed by atoms with Gasteiger partial charge in [0.25, 0.3) is 0 Å². The lowest BCUT2D eigenvalue weighted by Gasteiger charge is -1.97. The molecule has 0 bridgehead atoms. The van der Waals surface area contributed by atoms with E-state index in [1.807, 2.05) is 0 Å². The van der Waals surface area contributed by atoms with E-state index in [1.54, 1.807) is 0 Å². The molecule has 0 radical (unpaired) electrons. The number of ketones is 1. The summed E-state index contributed by atoms with van der Waals surface area (Å²) < 4.78 is 1.47. The fourth-order valence-corrected chi connectivity index (χ4v) is 1.06. The maximum absolute atomic E-state index is 10.6. The molecule has 6 nitrogen and oxygen atoms in total. The molecule has 0 aliphatic heterocycles. The lowest BCUT2D eigenvalue weighted by molar-refractivity contribution is -0.385. The molecular weight excluding hydrogens is 186 g/mol. The molecule has 0 N–H and O–H groups in total. The number of aromatic nitrogens is 2. The van der Waals surface area contributed by atoms with Crippen molar-refractivity contribution < 1.29 is 9.72 Å². The smallest absolute Gasteiger partial charge is 0.300 e. The number of hydrogen-bond donors (Lipinski definition) is 0. The van der Waals surface area contributed by atoms with Crippen LogP contribution in [0.4, 0.5) is 5.69 Å². The molecule has 6 heteroatoms. The van der Waals surface area contributed by atoms with Crippen LogP contribution in [-0.4, -0.2) is 20.5 Å². The van der Waals surface area contributed by atoms with Gasteiger partial charge in [-0.1, -0.05) is 0 Å². The number of nitro groups is 1. The van der Waals surface area contributed by atoms with Gasteiger partial charge in [-0.05, 0) is 13.3 Å². The molecule has 0 saturated heterocycles. The fraction of sp³-hybridized carbons (Fsp3) is 0.500. The highest BCUT2D eigenvalue weighted by Crippen LogP contribution is 2.08. The molecule has 1 aromatic rings. The van der Waals surface area contributed by atoms with Crippen LogP contribution in [0.25, 0.3) is 0 Å². The second-order valence-corrected chi connectivity index (χ2v) is 3.02. The van der Waals surface area contributed by atoms with E-state index in [-0.39, 0.29) is 11.5 Å². The molecule has 1 aromatic heterocycles. The summed E-state index contributed by atoms with van der Waals surface area (Å²) in [6.45, 7) is 2.05. The average Bonchev–Trinajstić information content (AvgIpc) is 2.52. The number of Topliss-reactive ketones (excluding diaryl/α,β-unsaturated/α-hetero) is 1. The number of aryl methyl sites for hydroxylation is 1. The first-order valence-corrected chi connectivity index (χ1v) is 4.26. The molecule has 0 unspecified atom stereocenters. The third kappa shape index (κ3) is 2.96. The molecule has 0 amide bonds. The fourth-order valence-electron chi connectivity index (χ4n) is 1.06. The highest BCUT2D eigenvalue weighted by atomic mass is 16.6. The number of rotatable bonds is 5. The Balaban J connectivity index is 2.44. The van der Waals surface area contributed by atoms with Crippen molar-refractivity contribution in [2.24, 2.45) is 0 Å². The monoisotopic (exact) mass is 197 g/mol. The van der Waals surface area contributed by atoms with Crippen LogP contribution in [0.1, 0.15) is 19.8 Å². The third-order valence-electron chi connectivity index (χ3n) is 1.75. The second kappa shape index (κ2) is 4.50. The van der Waals surface area contributed by atoms with Crippen molar-refractivity contribution in [1.82, 2.24) is 9.78 Å². The summed E-state index contributed by atoms with van der Waals surface area (Å²) in [7, 11) is 0. The van der Waals surface area contributed by atoms with Crippen LogP contribution in [0.3, 0.4) is 0 Å². The maximum Gasteiger partial charge on any atom is 0.306 e. The summed E-state index contributed by atoms with van der Waals surface area (Å²) in [5, 5.41) is 14.1. The van der Waals surface area contributed by atoms with Gasteiger partial charge in [0.1, 0.15) is 18.2 Å². The third-order valence-corrected chi connectivity index (χ3v) is 1.75. The second-order valence-electron chi connectivity index (χ2n) is 3.02. The molecule has 0 atom stereocenters. The molecule has 14 heavy (non-hydrogen) atoms. The van der Waals surface area contributed by atoms with Gasteiger partial charge < -0.3 is 4.79 Å². The van der Waals surface area contributed by atoms with Crippen molar-refractivity contribution in [1.29, 1.82) is 0 Å². The zero-order chi connectivity index (χ0) is 10.6. The van der Waals surface area contributed by atoms with Gasteiger partial charge in [0.2, 0.25) is 0 Å². The molecule has 0 aliphatic carbocycles. The number of nitrogens with zero attached hydrogens (tertiary/aromatic N) is 3. The van der Waals surface area contributed by atoms with Crippen LogP contribution in [-0.2, 0) is 11.3 Å². The first-order valence-electron chi connectivity index (χ1n) is 4.26. The molecule has 1 rings (SSSR count). The van der Waals surface area contributed by atoms with Crippen molar-refractivity contribution in [3.63, 3.8) is 0 Å². The molecule has 0 saturated carbocycles. The van der Waals surface area contributed by atoms with E-state index in [0.717, 1.165) is 0 Å². The molecule has 0 aromatic carbocycles. The lowest BCUT2D eigenvalue weighted by atomic mass is 10.2. The van der Waals surface area contributed by atoms with E-state index in [4.69, 9.17) is 0 Å². The van der Waals surface area contributed by atoms with Crippen LogP contribution in [0.2, 0.25) is 0 Å². The van der Waals surface area contributed by atoms with Gasteiger partial charge in [-0.2, -0.15) is 5.10 Å². The quantitative estimate of drug-likeness (QED) is 0.524. The highest BCUT2D eigenvalue weighted by molar-refractivity contribution is 5.75. The average molecular weight is 197 g/mol. The Morgan fingerprint density at radius 1 is 1.71 bits per heavy atom. The minimum atomic E-state index is -0.492. The Morgan fingerprint density at radius 2 is 2.43 bits per heavy atom. The largest absolute Gasteiger partial charge is 0.306 e. The standard InChI is InChI=1S/C8H11N3O3/c1-7(12)3-2-4-10-6-8(5-9-10)11(13)14/h5-6H,2-4H2,1H3. The van der Waals surface area contributed by atoms with Gasteiger partial charge in [0.15, 0.2) is 0 Å². The van der Waals surface area contributed by atoms with Crippen molar-refractivity contribution in [3.8, 4) is 0 Å². The summed E-state index contributed by atoms with van der Waals surface area (Å²) in [4.78, 5) is 20.4. The van der Waals surface area contributed by atoms with Crippen molar-refractivity contribution in [2.75, 3.05) is 0 Å². The predicted molar refractivity (Wildman–Crippen MR) is 48.8 cm³/mol. The number of carbonyl (C=O) groups is 1. The van der Waals surface area contributed by atoms with Gasteiger partial charge in [-0.15, -0.1) is 0 Å². The normalized spacial score (nSPS) is 10.1. The van der Waals surface area contributed by atoms with E-state index in [9.17, 15) is 14.9 Å². The first kappa shape index (κ1) is 10.4. The topological polar surface area (TPSA) is 78.0 Å². The summed E-state index contributed by atoms with van der Waals surface area (Å²) in [5.74, 6) is 0.117. The minimum absolute atomic E-state index is 0.0205. The van der Waals surface area contributed by atoms with Gasteiger partial charge in [-0.25, -0.2) is 0 Å². The molecule has 1 heterocycles. The predicted octanol–water partition coefficient (Wildman–Crippen LogP) is 1.16. The van der Waals surface area contributed by atoms with E-state index in [0.29, 0.717) is 19.4 Å². The van der Waals surface area contributed by atoms with Crippen molar-refractivity contribution in [2.45, 2.75) is 26.3 Å². The number of hydrogen-bond acceptors (Lipinski definition) is 4. The Labute approximate surface area is 80.7 Å². The summed E-state index contributed by atoms with van der Waals surface area (Å²) in [6.07, 6.45) is 3.70. The van der Waals surface area contributed by atoms with E-state index < -0.39 is 4.92 Å². The van der Waals surface area contributed by atoms with Gasteiger partial charge >= 0.3 is 5.69 Å².